The molecule has 0 radical (unpaired) electrons. The largest absolute Gasteiger partial charge is 0.382 e. The molecule has 3 N–H and O–H groups in total. The molecule has 1 heterocycles. The number of aromatic amines is 1. The van der Waals surface area contributed by atoms with Crippen molar-refractivity contribution in [1.29, 1.82) is 0 Å². The van der Waals surface area contributed by atoms with Crippen LogP contribution in [-0.2, 0) is 6.42 Å². The van der Waals surface area contributed by atoms with Gasteiger partial charge >= 0.3 is 0 Å². The van der Waals surface area contributed by atoms with Gasteiger partial charge in [0.2, 0.25) is 0 Å². The van der Waals surface area contributed by atoms with Crippen LogP contribution in [-0.4, -0.2) is 10.2 Å². The summed E-state index contributed by atoms with van der Waals surface area (Å²) in [6.07, 6.45) is 5.21. The summed E-state index contributed by atoms with van der Waals surface area (Å²) < 4.78 is 0. The van der Waals surface area contributed by atoms with Gasteiger partial charge in [0, 0.05) is 23.6 Å². The number of rotatable bonds is 1. The van der Waals surface area contributed by atoms with Crippen LogP contribution < -0.4 is 5.73 Å². The Kier molecular flexibility index (Phi) is 2.03. The van der Waals surface area contributed by atoms with Crippen LogP contribution in [0.3, 0.4) is 0 Å². The van der Waals surface area contributed by atoms with Crippen LogP contribution in [0.25, 0.3) is 6.08 Å². The maximum atomic E-state index is 5.75. The summed E-state index contributed by atoms with van der Waals surface area (Å²) in [7, 11) is 0. The van der Waals surface area contributed by atoms with Crippen LogP contribution in [0.15, 0.2) is 36.4 Å². The first kappa shape index (κ1) is 9.21. The van der Waals surface area contributed by atoms with Crippen LogP contribution in [0.2, 0.25) is 0 Å². The quantitative estimate of drug-likeness (QED) is 0.760. The molecule has 0 spiro atoms. The zero-order chi connectivity index (χ0) is 11.0. The third-order valence-corrected chi connectivity index (χ3v) is 3.06. The second-order valence-electron chi connectivity index (χ2n) is 4.08. The van der Waals surface area contributed by atoms with Gasteiger partial charge in [0.25, 0.3) is 0 Å². The predicted octanol–water partition coefficient (Wildman–Crippen LogP) is 2.34. The summed E-state index contributed by atoms with van der Waals surface area (Å²) in [5, 5.41) is 7.03. The molecule has 80 valence electrons. The summed E-state index contributed by atoms with van der Waals surface area (Å²) in [5.41, 5.74) is 9.26. The molecule has 1 aromatic carbocycles. The number of nitrogens with zero attached hydrogens (tertiary/aromatic N) is 1. The average molecular weight is 211 g/mol. The molecule has 1 aliphatic rings. The van der Waals surface area contributed by atoms with E-state index in [1.165, 1.54) is 5.56 Å². The number of hydrogen-bond donors (Lipinski definition) is 2. The number of aromatic nitrogens is 2. The van der Waals surface area contributed by atoms with Gasteiger partial charge in [0.1, 0.15) is 0 Å². The van der Waals surface area contributed by atoms with Crippen molar-refractivity contribution in [2.75, 3.05) is 5.73 Å². The number of fused-ring (bicyclic) bond motifs is 1. The molecule has 0 fully saturated rings. The molecule has 0 bridgehead atoms. The molecule has 0 saturated heterocycles. The van der Waals surface area contributed by atoms with Crippen molar-refractivity contribution < 1.29 is 0 Å². The first-order valence-corrected chi connectivity index (χ1v) is 5.40. The Hall–Kier alpha value is -2.03. The van der Waals surface area contributed by atoms with Crippen LogP contribution >= 0.6 is 0 Å². The Balaban J connectivity index is 1.95. The van der Waals surface area contributed by atoms with Crippen molar-refractivity contribution in [3.8, 4) is 0 Å². The summed E-state index contributed by atoms with van der Waals surface area (Å²) in [5.74, 6) is 1.02. The van der Waals surface area contributed by atoms with E-state index in [-0.39, 0.29) is 0 Å². The van der Waals surface area contributed by atoms with Gasteiger partial charge < -0.3 is 5.73 Å². The van der Waals surface area contributed by atoms with Gasteiger partial charge in [-0.3, -0.25) is 5.10 Å². The van der Waals surface area contributed by atoms with E-state index in [2.05, 4.69) is 46.6 Å². The number of nitrogen functional groups attached to an aromatic ring is 1. The minimum atomic E-state index is 0.425. The minimum absolute atomic E-state index is 0.425. The summed E-state index contributed by atoms with van der Waals surface area (Å²) >= 11 is 0. The fraction of sp³-hybridized carbons (Fsp3) is 0.154. The van der Waals surface area contributed by atoms with Gasteiger partial charge in [0.15, 0.2) is 5.82 Å². The number of nitrogens with two attached hydrogens (primary N) is 1. The molecule has 0 amide bonds. The van der Waals surface area contributed by atoms with E-state index in [0.717, 1.165) is 17.7 Å². The maximum Gasteiger partial charge on any atom is 0.152 e. The Morgan fingerprint density at radius 3 is 2.88 bits per heavy atom. The molecule has 3 nitrogen and oxygen atoms in total. The van der Waals surface area contributed by atoms with Crippen molar-refractivity contribution >= 4 is 11.9 Å². The van der Waals surface area contributed by atoms with Gasteiger partial charge in [0.05, 0.1) is 0 Å². The Labute approximate surface area is 94.0 Å². The number of anilines is 1. The fourth-order valence-corrected chi connectivity index (χ4v) is 2.17. The van der Waals surface area contributed by atoms with E-state index in [1.807, 2.05) is 6.07 Å². The number of nitrogens with one attached hydrogen (secondary N) is 1. The van der Waals surface area contributed by atoms with Crippen LogP contribution in [0.4, 0.5) is 5.82 Å². The van der Waals surface area contributed by atoms with Crippen LogP contribution in [0.1, 0.15) is 22.7 Å². The number of H-pyrrole nitrogens is 1. The maximum absolute atomic E-state index is 5.75. The Morgan fingerprint density at radius 1 is 1.25 bits per heavy atom. The normalized spacial score (nSPS) is 18.4. The number of allylic oxidation sites excluding steroid dienone is 1. The van der Waals surface area contributed by atoms with E-state index in [0.29, 0.717) is 11.7 Å². The van der Waals surface area contributed by atoms with Gasteiger partial charge in [-0.05, 0) is 5.56 Å². The molecular formula is C13H13N3. The van der Waals surface area contributed by atoms with Crippen molar-refractivity contribution in [2.45, 2.75) is 12.3 Å². The van der Waals surface area contributed by atoms with Gasteiger partial charge in [-0.1, -0.05) is 42.5 Å². The molecule has 16 heavy (non-hydrogen) atoms. The highest BCUT2D eigenvalue weighted by Gasteiger charge is 2.18. The molecule has 3 rings (SSSR count). The molecular weight excluding hydrogens is 198 g/mol. The van der Waals surface area contributed by atoms with Crippen molar-refractivity contribution in [1.82, 2.24) is 10.2 Å². The van der Waals surface area contributed by atoms with E-state index in [4.69, 9.17) is 5.73 Å². The zero-order valence-corrected chi connectivity index (χ0v) is 8.85. The van der Waals surface area contributed by atoms with Gasteiger partial charge in [-0.15, -0.1) is 0 Å². The summed E-state index contributed by atoms with van der Waals surface area (Å²) in [4.78, 5) is 0. The lowest BCUT2D eigenvalue weighted by molar-refractivity contribution is 0.794. The highest BCUT2D eigenvalue weighted by molar-refractivity contribution is 5.66. The van der Waals surface area contributed by atoms with Crippen LogP contribution in [0, 0.1) is 0 Å². The topological polar surface area (TPSA) is 54.7 Å². The first-order valence-electron chi connectivity index (χ1n) is 5.40. The molecule has 2 aromatic rings. The lowest BCUT2D eigenvalue weighted by Gasteiger charge is -2.16. The lowest BCUT2D eigenvalue weighted by Crippen LogP contribution is -2.05. The highest BCUT2D eigenvalue weighted by atomic mass is 15.2. The smallest absolute Gasteiger partial charge is 0.152 e. The van der Waals surface area contributed by atoms with E-state index in [1.54, 1.807) is 0 Å². The Morgan fingerprint density at radius 2 is 2.06 bits per heavy atom. The standard InChI is InChI=1S/C13H13N3/c14-13-11-7-6-10(8-12(11)15-16-13)9-4-2-1-3-5-9/h1-7,10H,8H2,(H3,14,15,16). The lowest BCUT2D eigenvalue weighted by atomic mass is 9.88. The van der Waals surface area contributed by atoms with E-state index >= 15 is 0 Å². The average Bonchev–Trinajstić information content (AvgIpc) is 2.72. The molecule has 0 aliphatic heterocycles. The molecule has 1 aromatic heterocycles. The van der Waals surface area contributed by atoms with E-state index in [9.17, 15) is 0 Å². The summed E-state index contributed by atoms with van der Waals surface area (Å²) in [6, 6.07) is 10.5. The van der Waals surface area contributed by atoms with Gasteiger partial charge in [-0.25, -0.2) is 0 Å². The third-order valence-electron chi connectivity index (χ3n) is 3.06. The van der Waals surface area contributed by atoms with Crippen LogP contribution in [0.5, 0.6) is 0 Å². The highest BCUT2D eigenvalue weighted by Crippen LogP contribution is 2.30. The second-order valence-corrected chi connectivity index (χ2v) is 4.08. The summed E-state index contributed by atoms with van der Waals surface area (Å²) in [6.45, 7) is 0. The van der Waals surface area contributed by atoms with E-state index < -0.39 is 0 Å². The molecule has 3 heteroatoms. The third kappa shape index (κ3) is 1.41. The molecule has 1 unspecified atom stereocenters. The molecule has 1 aliphatic carbocycles. The van der Waals surface area contributed by atoms with Crippen molar-refractivity contribution in [3.05, 3.63) is 53.2 Å². The minimum Gasteiger partial charge on any atom is -0.382 e. The van der Waals surface area contributed by atoms with Gasteiger partial charge in [-0.2, -0.15) is 5.10 Å². The Bertz CT molecular complexity index is 525. The van der Waals surface area contributed by atoms with Crippen molar-refractivity contribution in [3.63, 3.8) is 0 Å². The molecule has 0 saturated carbocycles. The second kappa shape index (κ2) is 3.52. The molecule has 1 atom stereocenters. The monoisotopic (exact) mass is 211 g/mol. The number of benzene rings is 1. The first-order chi connectivity index (χ1) is 7.84. The zero-order valence-electron chi connectivity index (χ0n) is 8.85. The SMILES string of the molecule is Nc1n[nH]c2c1C=CC(c1ccccc1)C2. The van der Waals surface area contributed by atoms with Crippen molar-refractivity contribution in [2.24, 2.45) is 0 Å². The number of hydrogen-bond acceptors (Lipinski definition) is 2. The fourth-order valence-electron chi connectivity index (χ4n) is 2.17. The predicted molar refractivity (Wildman–Crippen MR) is 64.9 cm³/mol.